The van der Waals surface area contributed by atoms with Gasteiger partial charge in [0.2, 0.25) is 5.88 Å². The molecule has 0 bridgehead atoms. The third kappa shape index (κ3) is 3.39. The van der Waals surface area contributed by atoms with E-state index in [1.54, 1.807) is 19.1 Å². The molecule has 31 heavy (non-hydrogen) atoms. The quantitative estimate of drug-likeness (QED) is 0.375. The number of aromatic amines is 1. The van der Waals surface area contributed by atoms with Gasteiger partial charge in [-0.2, -0.15) is 0 Å². The Hall–Kier alpha value is -4.14. The number of ether oxygens (including phenoxy) is 2. The minimum Gasteiger partial charge on any atom is -0.462 e. The van der Waals surface area contributed by atoms with Gasteiger partial charge in [0.25, 0.3) is 11.2 Å². The Morgan fingerprint density at radius 1 is 1.29 bits per heavy atom. The maximum absolute atomic E-state index is 13.1. The smallest absolute Gasteiger partial charge is 0.340 e. The lowest BCUT2D eigenvalue weighted by molar-refractivity contribution is -0.384. The fourth-order valence-corrected chi connectivity index (χ4v) is 3.80. The predicted octanol–water partition coefficient (Wildman–Crippen LogP) is 3.00. The van der Waals surface area contributed by atoms with E-state index in [0.717, 1.165) is 5.56 Å². The number of pyridine rings is 1. The van der Waals surface area contributed by atoms with Crippen molar-refractivity contribution in [2.45, 2.75) is 19.8 Å². The van der Waals surface area contributed by atoms with Crippen molar-refractivity contribution in [1.82, 2.24) is 4.98 Å². The molecule has 1 aliphatic heterocycles. The van der Waals surface area contributed by atoms with Crippen molar-refractivity contribution in [3.8, 4) is 5.75 Å². The lowest BCUT2D eigenvalue weighted by Crippen LogP contribution is -2.32. The normalized spacial score (nSPS) is 15.4. The van der Waals surface area contributed by atoms with Crippen LogP contribution in [0, 0.1) is 17.0 Å². The number of non-ortho nitro benzene ring substituents is 1. The van der Waals surface area contributed by atoms with Crippen molar-refractivity contribution < 1.29 is 19.2 Å². The number of nitrogens with two attached hydrogens (primary N) is 1. The number of aryl methyl sites for hydroxylation is 1. The van der Waals surface area contributed by atoms with Crippen LogP contribution in [-0.2, 0) is 9.53 Å². The van der Waals surface area contributed by atoms with Crippen molar-refractivity contribution in [1.29, 1.82) is 0 Å². The zero-order valence-electron chi connectivity index (χ0n) is 16.8. The molecule has 1 aromatic heterocycles. The molecule has 0 aliphatic carbocycles. The summed E-state index contributed by atoms with van der Waals surface area (Å²) in [4.78, 5) is 39.5. The molecule has 0 spiro atoms. The van der Waals surface area contributed by atoms with Gasteiger partial charge in [-0.25, -0.2) is 4.79 Å². The molecule has 0 saturated heterocycles. The van der Waals surface area contributed by atoms with Gasteiger partial charge in [-0.05, 0) is 31.5 Å². The summed E-state index contributed by atoms with van der Waals surface area (Å²) in [5.41, 5.74) is 7.35. The maximum Gasteiger partial charge on any atom is 0.340 e. The first kappa shape index (κ1) is 20.1. The van der Waals surface area contributed by atoms with Crippen molar-refractivity contribution in [3.63, 3.8) is 0 Å². The summed E-state index contributed by atoms with van der Waals surface area (Å²) in [5, 5.41) is 11.9. The van der Waals surface area contributed by atoms with Gasteiger partial charge in [-0.1, -0.05) is 23.8 Å². The Morgan fingerprint density at radius 2 is 2.06 bits per heavy atom. The van der Waals surface area contributed by atoms with E-state index in [-0.39, 0.29) is 35.1 Å². The highest BCUT2D eigenvalue weighted by Gasteiger charge is 2.39. The van der Waals surface area contributed by atoms with Crippen LogP contribution in [0.2, 0.25) is 0 Å². The third-order valence-corrected chi connectivity index (χ3v) is 5.12. The zero-order chi connectivity index (χ0) is 22.3. The standard InChI is InChI=1S/C22H19N3O6/c1-3-30-22(27)18-16(12-5-4-6-13(10-12)25(28)29)17-19(31-20(18)23)14-9-11(2)7-8-15(14)24-21(17)26/h4-10,16H,3,23H2,1-2H3,(H,24,26). The number of rotatable bonds is 4. The number of hydrogen-bond acceptors (Lipinski definition) is 7. The van der Waals surface area contributed by atoms with Crippen molar-refractivity contribution in [2.24, 2.45) is 5.73 Å². The largest absolute Gasteiger partial charge is 0.462 e. The summed E-state index contributed by atoms with van der Waals surface area (Å²) in [6.45, 7) is 3.61. The molecule has 9 nitrogen and oxygen atoms in total. The summed E-state index contributed by atoms with van der Waals surface area (Å²) < 4.78 is 10.9. The minimum absolute atomic E-state index is 0.0765. The SMILES string of the molecule is CCOC(=O)C1=C(N)Oc2c(c(=O)[nH]c3ccc(C)cc23)C1c1cccc([N+](=O)[O-])c1. The van der Waals surface area contributed by atoms with E-state index in [1.807, 2.05) is 19.1 Å². The number of carbonyl (C=O) groups is 1. The van der Waals surface area contributed by atoms with Crippen LogP contribution >= 0.6 is 0 Å². The maximum atomic E-state index is 13.1. The summed E-state index contributed by atoms with van der Waals surface area (Å²) in [5.74, 6) is -1.76. The third-order valence-electron chi connectivity index (χ3n) is 5.12. The van der Waals surface area contributed by atoms with Crippen LogP contribution in [0.25, 0.3) is 10.9 Å². The number of hydrogen-bond donors (Lipinski definition) is 2. The minimum atomic E-state index is -1.00. The van der Waals surface area contributed by atoms with Crippen LogP contribution < -0.4 is 16.0 Å². The zero-order valence-corrected chi connectivity index (χ0v) is 16.8. The van der Waals surface area contributed by atoms with E-state index in [2.05, 4.69) is 4.98 Å². The first-order chi connectivity index (χ1) is 14.8. The molecule has 3 N–H and O–H groups in total. The number of nitro groups is 1. The highest BCUT2D eigenvalue weighted by Crippen LogP contribution is 2.44. The van der Waals surface area contributed by atoms with E-state index in [4.69, 9.17) is 15.2 Å². The number of nitrogens with one attached hydrogen (secondary N) is 1. The first-order valence-electron chi connectivity index (χ1n) is 9.57. The molecular weight excluding hydrogens is 402 g/mol. The van der Waals surface area contributed by atoms with Crippen LogP contribution in [0.1, 0.15) is 29.5 Å². The van der Waals surface area contributed by atoms with E-state index < -0.39 is 22.4 Å². The molecule has 0 fully saturated rings. The highest BCUT2D eigenvalue weighted by atomic mass is 16.6. The average Bonchev–Trinajstić information content (AvgIpc) is 2.73. The van der Waals surface area contributed by atoms with Gasteiger partial charge < -0.3 is 20.2 Å². The molecule has 1 atom stereocenters. The molecule has 9 heteroatoms. The fourth-order valence-electron chi connectivity index (χ4n) is 3.80. The van der Waals surface area contributed by atoms with Gasteiger partial charge >= 0.3 is 5.97 Å². The molecule has 4 rings (SSSR count). The van der Waals surface area contributed by atoms with E-state index in [1.165, 1.54) is 18.2 Å². The molecule has 2 heterocycles. The highest BCUT2D eigenvalue weighted by molar-refractivity contribution is 5.95. The number of nitrogens with zero attached hydrogens (tertiary/aromatic N) is 1. The fraction of sp³-hybridized carbons (Fsp3) is 0.182. The van der Waals surface area contributed by atoms with E-state index >= 15 is 0 Å². The second kappa shape index (κ2) is 7.60. The lowest BCUT2D eigenvalue weighted by atomic mass is 9.82. The number of nitro benzene ring substituents is 1. The van der Waals surface area contributed by atoms with Crippen molar-refractivity contribution in [3.05, 3.63) is 91.1 Å². The first-order valence-corrected chi connectivity index (χ1v) is 9.57. The second-order valence-electron chi connectivity index (χ2n) is 7.13. The van der Waals surface area contributed by atoms with Gasteiger partial charge in [0.15, 0.2) is 0 Å². The summed E-state index contributed by atoms with van der Waals surface area (Å²) in [6, 6.07) is 11.1. The van der Waals surface area contributed by atoms with Gasteiger partial charge in [0.05, 0.1) is 28.5 Å². The average molecular weight is 421 g/mol. The van der Waals surface area contributed by atoms with Gasteiger partial charge in [0.1, 0.15) is 11.3 Å². The Morgan fingerprint density at radius 3 is 2.77 bits per heavy atom. The molecule has 3 aromatic rings. The van der Waals surface area contributed by atoms with Crippen molar-refractivity contribution >= 4 is 22.6 Å². The number of benzene rings is 2. The Bertz CT molecular complexity index is 1320. The molecule has 2 aromatic carbocycles. The Labute approximate surface area is 176 Å². The number of esters is 1. The van der Waals surface area contributed by atoms with Crippen LogP contribution in [0.3, 0.4) is 0 Å². The molecule has 0 saturated carbocycles. The second-order valence-corrected chi connectivity index (χ2v) is 7.13. The van der Waals surface area contributed by atoms with E-state index in [0.29, 0.717) is 16.5 Å². The topological polar surface area (TPSA) is 138 Å². The van der Waals surface area contributed by atoms with Gasteiger partial charge in [0, 0.05) is 17.5 Å². The molecular formula is C22H19N3O6. The lowest BCUT2D eigenvalue weighted by Gasteiger charge is -2.28. The van der Waals surface area contributed by atoms with Gasteiger partial charge in [-0.3, -0.25) is 14.9 Å². The molecule has 0 radical (unpaired) electrons. The summed E-state index contributed by atoms with van der Waals surface area (Å²) in [6.07, 6.45) is 0. The Balaban J connectivity index is 2.06. The molecule has 0 amide bonds. The Kier molecular flexibility index (Phi) is 4.94. The monoisotopic (exact) mass is 421 g/mol. The summed E-state index contributed by atoms with van der Waals surface area (Å²) >= 11 is 0. The van der Waals surface area contributed by atoms with E-state index in [9.17, 15) is 19.7 Å². The molecule has 1 unspecified atom stereocenters. The van der Waals surface area contributed by atoms with Crippen LogP contribution in [0.5, 0.6) is 5.75 Å². The van der Waals surface area contributed by atoms with Crippen LogP contribution in [-0.4, -0.2) is 22.5 Å². The number of carbonyl (C=O) groups excluding carboxylic acids is 1. The summed E-state index contributed by atoms with van der Waals surface area (Å²) in [7, 11) is 0. The van der Waals surface area contributed by atoms with Crippen molar-refractivity contribution in [2.75, 3.05) is 6.61 Å². The predicted molar refractivity (Wildman–Crippen MR) is 113 cm³/mol. The number of fused-ring (bicyclic) bond motifs is 3. The van der Waals surface area contributed by atoms with Crippen LogP contribution in [0.4, 0.5) is 5.69 Å². The molecule has 158 valence electrons. The number of H-pyrrole nitrogens is 1. The van der Waals surface area contributed by atoms with Crippen LogP contribution in [0.15, 0.2) is 58.7 Å². The van der Waals surface area contributed by atoms with Gasteiger partial charge in [-0.15, -0.1) is 0 Å². The molecule has 1 aliphatic rings. The number of aromatic nitrogens is 1.